The molecule has 0 N–H and O–H groups in total. The lowest BCUT2D eigenvalue weighted by Gasteiger charge is -2.36. The van der Waals surface area contributed by atoms with Gasteiger partial charge in [0.05, 0.1) is 18.2 Å². The van der Waals surface area contributed by atoms with E-state index in [9.17, 15) is 18.8 Å². The molecule has 198 valence electrons. The Hall–Kier alpha value is -3.75. The predicted octanol–water partition coefficient (Wildman–Crippen LogP) is 4.42. The third-order valence-electron chi connectivity index (χ3n) is 6.51. The Bertz CT molecular complexity index is 1280. The Morgan fingerprint density at radius 2 is 1.70 bits per heavy atom. The van der Waals surface area contributed by atoms with Crippen molar-refractivity contribution < 1.29 is 27.9 Å². The molecular formula is C28H33F2N3O4. The smallest absolute Gasteiger partial charge is 0.257 e. The van der Waals surface area contributed by atoms with Gasteiger partial charge in [0.1, 0.15) is 17.2 Å². The van der Waals surface area contributed by atoms with Gasteiger partial charge in [0.2, 0.25) is 6.41 Å². The number of hydrogen-bond acceptors (Lipinski definition) is 4. The van der Waals surface area contributed by atoms with E-state index in [1.165, 1.54) is 31.1 Å². The fourth-order valence-electron chi connectivity index (χ4n) is 4.45. The van der Waals surface area contributed by atoms with Crippen LogP contribution in [0.4, 0.5) is 8.78 Å². The number of aromatic nitrogens is 1. The molecule has 1 saturated heterocycles. The lowest BCUT2D eigenvalue weighted by atomic mass is 9.86. The maximum Gasteiger partial charge on any atom is 0.257 e. The van der Waals surface area contributed by atoms with Crippen LogP contribution >= 0.6 is 0 Å². The first-order valence-electron chi connectivity index (χ1n) is 12.0. The first-order chi connectivity index (χ1) is 17.5. The largest absolute Gasteiger partial charge is 0.496 e. The number of methoxy groups -OCH3 is 1. The molecule has 0 spiro atoms. The standard InChI is InChI=1S/C25H26F2N2O3.C3H7NO/c1-16(30)21-15-28(2)22-13-23(32-3)20(12-19(21)22)24(31)29-10-8-25(27,9-11-29)14-17-4-6-18(26)7-5-17;1-4(2)3-5/h4-7,12-13,15H,8-11,14H2,1-3H3;3H,1-2H3. The number of fused-ring (bicyclic) bond motifs is 1. The molecule has 0 radical (unpaired) electrons. The van der Waals surface area contributed by atoms with Crippen molar-refractivity contribution in [1.82, 2.24) is 14.4 Å². The third kappa shape index (κ3) is 6.53. The highest BCUT2D eigenvalue weighted by Crippen LogP contribution is 2.34. The summed E-state index contributed by atoms with van der Waals surface area (Å²) in [6.45, 7) is 2.03. The van der Waals surface area contributed by atoms with Crippen LogP contribution in [0.15, 0.2) is 42.6 Å². The number of carbonyl (C=O) groups excluding carboxylic acids is 3. The van der Waals surface area contributed by atoms with Crippen molar-refractivity contribution in [3.63, 3.8) is 0 Å². The molecule has 7 nitrogen and oxygen atoms in total. The van der Waals surface area contributed by atoms with Gasteiger partial charge < -0.3 is 19.1 Å². The quantitative estimate of drug-likeness (QED) is 0.361. The number of Topliss-reactive ketones (excluding diaryl/α,β-unsaturated/α-hetero) is 1. The molecule has 1 fully saturated rings. The number of benzene rings is 2. The molecule has 1 aliphatic rings. The van der Waals surface area contributed by atoms with E-state index in [0.29, 0.717) is 22.3 Å². The maximum atomic E-state index is 15.4. The van der Waals surface area contributed by atoms with E-state index < -0.39 is 5.67 Å². The van der Waals surface area contributed by atoms with Crippen LogP contribution in [0.2, 0.25) is 0 Å². The SMILES string of the molecule is CN(C)C=O.COc1cc2c(cc1C(=O)N1CCC(F)(Cc3ccc(F)cc3)CC1)c(C(C)=O)cn2C. The van der Waals surface area contributed by atoms with Crippen LogP contribution in [0.3, 0.4) is 0 Å². The van der Waals surface area contributed by atoms with E-state index in [0.717, 1.165) is 17.5 Å². The molecule has 0 saturated carbocycles. The molecule has 1 aromatic heterocycles. The highest BCUT2D eigenvalue weighted by Gasteiger charge is 2.37. The monoisotopic (exact) mass is 513 g/mol. The van der Waals surface area contributed by atoms with Gasteiger partial charge >= 0.3 is 0 Å². The number of alkyl halides is 1. The number of aryl methyl sites for hydroxylation is 1. The number of ketones is 1. The summed E-state index contributed by atoms with van der Waals surface area (Å²) in [4.78, 5) is 37.9. The number of hydrogen-bond donors (Lipinski definition) is 0. The van der Waals surface area contributed by atoms with Crippen LogP contribution in [-0.2, 0) is 18.3 Å². The number of piperidine rings is 1. The zero-order chi connectivity index (χ0) is 27.3. The zero-order valence-corrected chi connectivity index (χ0v) is 21.9. The number of carbonyl (C=O) groups is 3. The van der Waals surface area contributed by atoms with Crippen LogP contribution in [0.25, 0.3) is 10.9 Å². The molecule has 37 heavy (non-hydrogen) atoms. The van der Waals surface area contributed by atoms with Crippen molar-refractivity contribution in [3.05, 3.63) is 65.1 Å². The van der Waals surface area contributed by atoms with E-state index in [-0.39, 0.29) is 49.9 Å². The first kappa shape index (κ1) is 27.8. The zero-order valence-electron chi connectivity index (χ0n) is 21.9. The van der Waals surface area contributed by atoms with Gasteiger partial charge in [-0.3, -0.25) is 14.4 Å². The molecule has 1 aliphatic heterocycles. The van der Waals surface area contributed by atoms with Gasteiger partial charge in [0.15, 0.2) is 5.78 Å². The summed E-state index contributed by atoms with van der Waals surface area (Å²) >= 11 is 0. The summed E-state index contributed by atoms with van der Waals surface area (Å²) in [6, 6.07) is 9.31. The second-order valence-electron chi connectivity index (χ2n) is 9.59. The van der Waals surface area contributed by atoms with Gasteiger partial charge in [-0.2, -0.15) is 0 Å². The van der Waals surface area contributed by atoms with E-state index in [1.54, 1.807) is 49.5 Å². The summed E-state index contributed by atoms with van der Waals surface area (Å²) in [7, 11) is 6.71. The Labute approximate surface area is 215 Å². The summed E-state index contributed by atoms with van der Waals surface area (Å²) in [6.07, 6.45) is 3.08. The first-order valence-corrected chi connectivity index (χ1v) is 12.0. The molecule has 0 bridgehead atoms. The number of halogens is 2. The van der Waals surface area contributed by atoms with Gasteiger partial charge in [-0.25, -0.2) is 8.78 Å². The predicted molar refractivity (Wildman–Crippen MR) is 138 cm³/mol. The fraction of sp³-hybridized carbons (Fsp3) is 0.393. The van der Waals surface area contributed by atoms with Crippen molar-refractivity contribution in [1.29, 1.82) is 0 Å². The molecule has 3 aromatic rings. The number of amides is 2. The molecule has 4 rings (SSSR count). The highest BCUT2D eigenvalue weighted by molar-refractivity contribution is 6.10. The Kier molecular flexibility index (Phi) is 8.68. The number of nitrogens with zero attached hydrogens (tertiary/aromatic N) is 3. The second-order valence-corrected chi connectivity index (χ2v) is 9.59. The van der Waals surface area contributed by atoms with Crippen molar-refractivity contribution in [3.8, 4) is 5.75 Å². The lowest BCUT2D eigenvalue weighted by Crippen LogP contribution is -2.45. The minimum atomic E-state index is -1.44. The minimum absolute atomic E-state index is 0.0832. The van der Waals surface area contributed by atoms with Crippen LogP contribution < -0.4 is 4.74 Å². The molecular weight excluding hydrogens is 480 g/mol. The lowest BCUT2D eigenvalue weighted by molar-refractivity contribution is -0.115. The van der Waals surface area contributed by atoms with E-state index in [1.807, 2.05) is 11.6 Å². The summed E-state index contributed by atoms with van der Waals surface area (Å²) in [5.41, 5.74) is 0.994. The molecule has 0 aliphatic carbocycles. The van der Waals surface area contributed by atoms with Crippen LogP contribution in [0.5, 0.6) is 5.75 Å². The van der Waals surface area contributed by atoms with Gasteiger partial charge in [-0.15, -0.1) is 0 Å². The summed E-state index contributed by atoms with van der Waals surface area (Å²) < 4.78 is 35.8. The van der Waals surface area contributed by atoms with Gasteiger partial charge in [-0.05, 0) is 43.5 Å². The van der Waals surface area contributed by atoms with E-state index in [2.05, 4.69) is 0 Å². The third-order valence-corrected chi connectivity index (χ3v) is 6.51. The number of likely N-dealkylation sites (tertiary alicyclic amines) is 1. The normalized spacial score (nSPS) is 14.5. The van der Waals surface area contributed by atoms with Crippen LogP contribution in [0, 0.1) is 5.82 Å². The number of rotatable bonds is 6. The Morgan fingerprint density at radius 3 is 2.22 bits per heavy atom. The average molecular weight is 514 g/mol. The van der Waals surface area contributed by atoms with Crippen molar-refractivity contribution in [2.24, 2.45) is 7.05 Å². The van der Waals surface area contributed by atoms with Crippen molar-refractivity contribution >= 4 is 29.0 Å². The Morgan fingerprint density at radius 1 is 1.11 bits per heavy atom. The average Bonchev–Trinajstić information content (AvgIpc) is 3.20. The summed E-state index contributed by atoms with van der Waals surface area (Å²) in [5.74, 6) is -0.257. The maximum absolute atomic E-state index is 15.4. The van der Waals surface area contributed by atoms with E-state index >= 15 is 4.39 Å². The van der Waals surface area contributed by atoms with Gasteiger partial charge in [0, 0.05) is 63.9 Å². The topological polar surface area (TPSA) is 71.8 Å². The van der Waals surface area contributed by atoms with Crippen LogP contribution in [-0.4, -0.2) is 72.4 Å². The molecule has 2 aromatic carbocycles. The van der Waals surface area contributed by atoms with Crippen molar-refractivity contribution in [2.45, 2.75) is 31.9 Å². The summed E-state index contributed by atoms with van der Waals surface area (Å²) in [5, 5.41) is 0.692. The van der Waals surface area contributed by atoms with Gasteiger partial charge in [0.25, 0.3) is 5.91 Å². The minimum Gasteiger partial charge on any atom is -0.496 e. The van der Waals surface area contributed by atoms with Crippen LogP contribution in [0.1, 0.15) is 46.0 Å². The fourth-order valence-corrected chi connectivity index (χ4v) is 4.45. The van der Waals surface area contributed by atoms with Crippen molar-refractivity contribution in [2.75, 3.05) is 34.3 Å². The molecule has 0 atom stereocenters. The van der Waals surface area contributed by atoms with E-state index in [4.69, 9.17) is 4.74 Å². The molecule has 2 heterocycles. The molecule has 9 heteroatoms. The van der Waals surface area contributed by atoms with Gasteiger partial charge in [-0.1, -0.05) is 12.1 Å². The molecule has 0 unspecified atom stereocenters. The number of ether oxygens (including phenoxy) is 1. The highest BCUT2D eigenvalue weighted by atomic mass is 19.1. The molecule has 2 amide bonds. The Balaban J connectivity index is 0.000000695. The second kappa shape index (κ2) is 11.5.